The molecule has 236 valence electrons. The first-order valence-corrected chi connectivity index (χ1v) is 13.5. The van der Waals surface area contributed by atoms with Gasteiger partial charge in [-0.1, -0.05) is 6.07 Å². The van der Waals surface area contributed by atoms with Crippen LogP contribution in [0, 0.1) is 0 Å². The van der Waals surface area contributed by atoms with Gasteiger partial charge in [-0.25, -0.2) is 0 Å². The number of phenols is 2. The number of Topliss-reactive ketones (excluding diaryl/α,β-unsaturated/α-hetero) is 1. The zero-order valence-electron chi connectivity index (χ0n) is 23.1. The summed E-state index contributed by atoms with van der Waals surface area (Å²) in [6.45, 7) is 0.699. The fourth-order valence-electron chi connectivity index (χ4n) is 5.29. The first-order valence-electron chi connectivity index (χ1n) is 13.5. The van der Waals surface area contributed by atoms with Crippen LogP contribution < -0.4 is 14.2 Å². The summed E-state index contributed by atoms with van der Waals surface area (Å²) in [6.07, 6.45) is -16.3. The van der Waals surface area contributed by atoms with Crippen LogP contribution in [0.1, 0.15) is 35.4 Å². The van der Waals surface area contributed by atoms with Gasteiger partial charge in [0.05, 0.1) is 26.2 Å². The normalized spacial score (nSPS) is 36.0. The molecule has 8 N–H and O–H groups in total. The molecule has 0 amide bonds. The van der Waals surface area contributed by atoms with Crippen LogP contribution in [0.2, 0.25) is 0 Å². The maximum atomic E-state index is 13.0. The average Bonchev–Trinajstić information content (AvgIpc) is 2.97. The molecule has 11 atom stereocenters. The average molecular weight is 611 g/mol. The molecule has 3 aliphatic heterocycles. The van der Waals surface area contributed by atoms with Crippen LogP contribution in [0.4, 0.5) is 0 Å². The fourth-order valence-corrected chi connectivity index (χ4v) is 5.29. The number of ketones is 1. The second kappa shape index (κ2) is 12.4. The van der Waals surface area contributed by atoms with Gasteiger partial charge in [-0.05, 0) is 24.6 Å². The van der Waals surface area contributed by atoms with Crippen molar-refractivity contribution < 1.29 is 74.1 Å². The second-order valence-corrected chi connectivity index (χ2v) is 10.6. The van der Waals surface area contributed by atoms with Crippen molar-refractivity contribution in [2.75, 3.05) is 13.7 Å². The zero-order valence-corrected chi connectivity index (χ0v) is 23.1. The van der Waals surface area contributed by atoms with Crippen LogP contribution in [0.5, 0.6) is 28.7 Å². The van der Waals surface area contributed by atoms with Crippen molar-refractivity contribution in [2.45, 2.75) is 80.9 Å². The molecule has 2 aromatic rings. The number of aromatic hydroxyl groups is 2. The largest absolute Gasteiger partial charge is 0.507 e. The van der Waals surface area contributed by atoms with E-state index in [2.05, 4.69) is 0 Å². The van der Waals surface area contributed by atoms with Gasteiger partial charge in [0.15, 0.2) is 29.7 Å². The minimum absolute atomic E-state index is 0.0592. The molecule has 0 spiro atoms. The predicted molar refractivity (Wildman–Crippen MR) is 141 cm³/mol. The highest BCUT2D eigenvalue weighted by molar-refractivity contribution is 6.02. The lowest BCUT2D eigenvalue weighted by Gasteiger charge is -2.45. The minimum atomic E-state index is -1.76. The van der Waals surface area contributed by atoms with Gasteiger partial charge in [-0.3, -0.25) is 4.79 Å². The fraction of sp³-hybridized carbons (Fsp3) is 0.536. The summed E-state index contributed by atoms with van der Waals surface area (Å²) in [7, 11) is 1.39. The summed E-state index contributed by atoms with van der Waals surface area (Å²) in [5.74, 6) is -1.06. The molecule has 2 saturated heterocycles. The van der Waals surface area contributed by atoms with Crippen molar-refractivity contribution in [2.24, 2.45) is 0 Å². The van der Waals surface area contributed by atoms with Crippen molar-refractivity contribution in [1.82, 2.24) is 0 Å². The van der Waals surface area contributed by atoms with Crippen LogP contribution in [-0.4, -0.2) is 122 Å². The Hall–Kier alpha value is -3.25. The molecule has 0 bridgehead atoms. The number of methoxy groups -OCH3 is 1. The third-order valence-electron chi connectivity index (χ3n) is 7.72. The number of phenolic OH excluding ortho intramolecular Hbond substituents is 2. The van der Waals surface area contributed by atoms with E-state index in [9.17, 15) is 45.6 Å². The van der Waals surface area contributed by atoms with Crippen LogP contribution >= 0.6 is 0 Å². The van der Waals surface area contributed by atoms with Crippen LogP contribution in [0.25, 0.3) is 0 Å². The molecule has 0 saturated carbocycles. The maximum Gasteiger partial charge on any atom is 0.229 e. The van der Waals surface area contributed by atoms with Crippen molar-refractivity contribution in [3.05, 3.63) is 41.5 Å². The number of carbonyl (C=O) groups is 1. The highest BCUT2D eigenvalue weighted by Crippen LogP contribution is 2.43. The number of hydrogen-bond acceptors (Lipinski definition) is 15. The molecule has 15 nitrogen and oxygen atoms in total. The summed E-state index contributed by atoms with van der Waals surface area (Å²) in [5.41, 5.74) is 0.352. The molecule has 5 rings (SSSR count). The molecule has 2 fully saturated rings. The van der Waals surface area contributed by atoms with Crippen molar-refractivity contribution in [3.8, 4) is 28.7 Å². The molecule has 2 aromatic carbocycles. The number of fused-ring (bicyclic) bond motifs is 1. The van der Waals surface area contributed by atoms with Crippen molar-refractivity contribution in [3.63, 3.8) is 0 Å². The van der Waals surface area contributed by atoms with Gasteiger partial charge in [-0.2, -0.15) is 0 Å². The summed E-state index contributed by atoms with van der Waals surface area (Å²) >= 11 is 0. The van der Waals surface area contributed by atoms with E-state index in [1.807, 2.05) is 0 Å². The number of hydrogen-bond donors (Lipinski definition) is 8. The summed E-state index contributed by atoms with van der Waals surface area (Å²) in [5, 5.41) is 82.4. The first kappa shape index (κ1) is 31.2. The lowest BCUT2D eigenvalue weighted by molar-refractivity contribution is -0.354. The quantitative estimate of drug-likeness (QED) is 0.185. The number of aliphatic hydroxyl groups is 6. The number of aliphatic hydroxyl groups excluding tert-OH is 6. The smallest absolute Gasteiger partial charge is 0.229 e. The second-order valence-electron chi connectivity index (χ2n) is 10.6. The maximum absolute atomic E-state index is 13.0. The van der Waals surface area contributed by atoms with Crippen LogP contribution in [0.15, 0.2) is 30.3 Å². The van der Waals surface area contributed by atoms with Gasteiger partial charge in [0, 0.05) is 12.1 Å². The Morgan fingerprint density at radius 1 is 0.884 bits per heavy atom. The Morgan fingerprint density at radius 2 is 1.63 bits per heavy atom. The van der Waals surface area contributed by atoms with E-state index in [4.69, 9.17) is 28.4 Å². The topological polar surface area (TPSA) is 234 Å². The number of ether oxygens (including phenoxy) is 6. The third kappa shape index (κ3) is 5.95. The number of rotatable bonds is 7. The molecule has 3 heterocycles. The standard InChI is InChI=1S/C28H34O15/c1-10-21(33)23(35)25(37)27(39-10)43-26-24(36)22(34)19(9-29)42-28(26)40-12-6-14(31)20-15(32)8-17(41-18(20)7-12)11-3-4-16(38-2)13(30)5-11/h3-7,10,17,19,21-31,33-37H,8-9H2,1-2H3/t10-,17+,19+,21-,22+,23+,24-,25+,26+,27-,28+/m0/s1. The highest BCUT2D eigenvalue weighted by Gasteiger charge is 2.51. The molecule has 43 heavy (non-hydrogen) atoms. The zero-order chi connectivity index (χ0) is 31.2. The molecule has 0 radical (unpaired) electrons. The van der Waals surface area contributed by atoms with Gasteiger partial charge in [-0.15, -0.1) is 0 Å². The van der Waals surface area contributed by atoms with Crippen molar-refractivity contribution >= 4 is 5.78 Å². The van der Waals surface area contributed by atoms with Gasteiger partial charge in [0.25, 0.3) is 0 Å². The monoisotopic (exact) mass is 610 g/mol. The van der Waals surface area contributed by atoms with E-state index in [0.29, 0.717) is 5.56 Å². The molecule has 15 heteroatoms. The van der Waals surface area contributed by atoms with Gasteiger partial charge in [0.1, 0.15) is 65.5 Å². The molecular formula is C28H34O15. The van der Waals surface area contributed by atoms with E-state index < -0.39 is 85.7 Å². The number of benzene rings is 2. The highest BCUT2D eigenvalue weighted by atomic mass is 16.8. The van der Waals surface area contributed by atoms with E-state index >= 15 is 0 Å². The Balaban J connectivity index is 1.41. The lowest BCUT2D eigenvalue weighted by Crippen LogP contribution is -2.64. The Kier molecular flexibility index (Phi) is 8.99. The minimum Gasteiger partial charge on any atom is -0.507 e. The lowest BCUT2D eigenvalue weighted by atomic mass is 9.95. The first-order chi connectivity index (χ1) is 20.4. The van der Waals surface area contributed by atoms with Crippen molar-refractivity contribution in [1.29, 1.82) is 0 Å². The predicted octanol–water partition coefficient (Wildman–Crippen LogP) is -1.16. The molecule has 0 aromatic heterocycles. The summed E-state index contributed by atoms with van der Waals surface area (Å²) in [4.78, 5) is 13.0. The van der Waals surface area contributed by atoms with E-state index in [1.165, 1.54) is 32.2 Å². The molecule has 0 unspecified atom stereocenters. The summed E-state index contributed by atoms with van der Waals surface area (Å²) in [6, 6.07) is 6.89. The van der Waals surface area contributed by atoms with Gasteiger partial charge < -0.3 is 69.3 Å². The van der Waals surface area contributed by atoms with Gasteiger partial charge >= 0.3 is 0 Å². The third-order valence-corrected chi connectivity index (χ3v) is 7.72. The molecular weight excluding hydrogens is 576 g/mol. The Morgan fingerprint density at radius 3 is 2.30 bits per heavy atom. The van der Waals surface area contributed by atoms with Crippen LogP contribution in [-0.2, 0) is 14.2 Å². The Labute approximate surface area is 245 Å². The molecule has 3 aliphatic rings. The summed E-state index contributed by atoms with van der Waals surface area (Å²) < 4.78 is 33.7. The molecule has 0 aliphatic carbocycles. The Bertz CT molecular complexity index is 1320. The van der Waals surface area contributed by atoms with E-state index in [0.717, 1.165) is 6.07 Å². The number of carbonyl (C=O) groups excluding carboxylic acids is 1. The van der Waals surface area contributed by atoms with E-state index in [-0.39, 0.29) is 35.0 Å². The van der Waals surface area contributed by atoms with Gasteiger partial charge in [0.2, 0.25) is 6.29 Å². The SMILES string of the molecule is COc1ccc([C@H]2CC(=O)c3c(O)cc(O[C@@H]4O[C@H](CO)[C@@H](O)[C@H](O)[C@H]4O[C@@H]4O[C@@H](C)[C@H](O)[C@@H](O)[C@H]4O)cc3O2)cc1O. The van der Waals surface area contributed by atoms with E-state index in [1.54, 1.807) is 6.07 Å². The van der Waals surface area contributed by atoms with Crippen LogP contribution in [0.3, 0.4) is 0 Å².